The summed E-state index contributed by atoms with van der Waals surface area (Å²) in [6, 6.07) is 13.3. The molecule has 0 bridgehead atoms. The summed E-state index contributed by atoms with van der Waals surface area (Å²) in [6.45, 7) is 2.83. The second-order valence-electron chi connectivity index (χ2n) is 5.97. The van der Waals surface area contributed by atoms with Gasteiger partial charge in [0, 0.05) is 43.1 Å². The number of hydrogen-bond acceptors (Lipinski definition) is 4. The van der Waals surface area contributed by atoms with Crippen LogP contribution in [0.5, 0.6) is 0 Å². The lowest BCUT2D eigenvalue weighted by molar-refractivity contribution is 0.0908. The van der Waals surface area contributed by atoms with Crippen molar-refractivity contribution in [3.05, 3.63) is 59.9 Å². The lowest BCUT2D eigenvalue weighted by atomic mass is 10.0. The van der Waals surface area contributed by atoms with E-state index in [1.807, 2.05) is 18.3 Å². The van der Waals surface area contributed by atoms with Crippen molar-refractivity contribution in [3.8, 4) is 0 Å². The molecule has 24 heavy (non-hydrogen) atoms. The standard InChI is InChI=1S/C18H22N4O.ClH/c19-15-6-4-14(5-7-15)18(23)21-16-8-11-22(12-9-16)13-17-3-1-2-10-20-17;/h1-7,10,16H,8-9,11-13,19H2,(H,21,23);1H. The Kier molecular flexibility index (Phi) is 6.58. The van der Waals surface area contributed by atoms with Gasteiger partial charge in [0.05, 0.1) is 5.69 Å². The van der Waals surface area contributed by atoms with Gasteiger partial charge in [-0.2, -0.15) is 0 Å². The van der Waals surface area contributed by atoms with E-state index in [0.29, 0.717) is 11.3 Å². The molecule has 0 radical (unpaired) electrons. The number of pyridine rings is 1. The van der Waals surface area contributed by atoms with E-state index in [4.69, 9.17) is 5.73 Å². The quantitative estimate of drug-likeness (QED) is 0.834. The SMILES string of the molecule is Cl.Nc1ccc(C(=O)NC2CCN(Cc3ccccn3)CC2)cc1. The molecule has 2 aromatic rings. The third-order valence-corrected chi connectivity index (χ3v) is 4.21. The van der Waals surface area contributed by atoms with Crippen LogP contribution in [0.4, 0.5) is 5.69 Å². The summed E-state index contributed by atoms with van der Waals surface area (Å²) in [5.74, 6) is -0.0202. The van der Waals surface area contributed by atoms with Gasteiger partial charge >= 0.3 is 0 Å². The fourth-order valence-corrected chi connectivity index (χ4v) is 2.86. The Morgan fingerprint density at radius 3 is 2.50 bits per heavy atom. The molecule has 1 fully saturated rings. The van der Waals surface area contributed by atoms with E-state index in [1.54, 1.807) is 24.3 Å². The normalized spacial score (nSPS) is 15.5. The summed E-state index contributed by atoms with van der Waals surface area (Å²) < 4.78 is 0. The predicted octanol–water partition coefficient (Wildman–Crippen LogP) is 2.48. The largest absolute Gasteiger partial charge is 0.399 e. The monoisotopic (exact) mass is 346 g/mol. The number of carbonyl (C=O) groups is 1. The third kappa shape index (κ3) is 4.94. The van der Waals surface area contributed by atoms with E-state index in [-0.39, 0.29) is 24.4 Å². The number of piperidine rings is 1. The maximum Gasteiger partial charge on any atom is 0.251 e. The van der Waals surface area contributed by atoms with Crippen molar-refractivity contribution in [3.63, 3.8) is 0 Å². The van der Waals surface area contributed by atoms with Crippen LogP contribution in [-0.2, 0) is 6.54 Å². The van der Waals surface area contributed by atoms with Crippen LogP contribution in [0.2, 0.25) is 0 Å². The number of anilines is 1. The van der Waals surface area contributed by atoms with E-state index in [2.05, 4.69) is 21.3 Å². The summed E-state index contributed by atoms with van der Waals surface area (Å²) in [5, 5.41) is 3.12. The highest BCUT2D eigenvalue weighted by molar-refractivity contribution is 5.94. The van der Waals surface area contributed by atoms with Crippen molar-refractivity contribution in [2.45, 2.75) is 25.4 Å². The highest BCUT2D eigenvalue weighted by Crippen LogP contribution is 2.14. The molecule has 1 saturated heterocycles. The van der Waals surface area contributed by atoms with E-state index in [0.717, 1.165) is 38.2 Å². The van der Waals surface area contributed by atoms with Crippen LogP contribution in [-0.4, -0.2) is 34.9 Å². The van der Waals surface area contributed by atoms with Gasteiger partial charge in [-0.05, 0) is 49.2 Å². The molecule has 0 saturated carbocycles. The molecule has 6 heteroatoms. The Bertz CT molecular complexity index is 640. The first-order valence-corrected chi connectivity index (χ1v) is 7.99. The van der Waals surface area contributed by atoms with Crippen LogP contribution < -0.4 is 11.1 Å². The third-order valence-electron chi connectivity index (χ3n) is 4.21. The van der Waals surface area contributed by atoms with Crippen molar-refractivity contribution in [1.82, 2.24) is 15.2 Å². The van der Waals surface area contributed by atoms with Gasteiger partial charge in [-0.1, -0.05) is 6.07 Å². The van der Waals surface area contributed by atoms with Gasteiger partial charge in [0.1, 0.15) is 0 Å². The lowest BCUT2D eigenvalue weighted by Crippen LogP contribution is -2.44. The molecule has 5 nitrogen and oxygen atoms in total. The molecule has 0 unspecified atom stereocenters. The molecule has 0 aliphatic carbocycles. The average Bonchev–Trinajstić information content (AvgIpc) is 2.58. The van der Waals surface area contributed by atoms with Crippen molar-refractivity contribution in [2.24, 2.45) is 0 Å². The maximum atomic E-state index is 12.2. The van der Waals surface area contributed by atoms with E-state index >= 15 is 0 Å². The van der Waals surface area contributed by atoms with Gasteiger partial charge in [0.2, 0.25) is 0 Å². The zero-order valence-corrected chi connectivity index (χ0v) is 14.3. The van der Waals surface area contributed by atoms with Crippen LogP contribution in [0.3, 0.4) is 0 Å². The van der Waals surface area contributed by atoms with Crippen molar-refractivity contribution in [1.29, 1.82) is 0 Å². The molecule has 1 aromatic heterocycles. The first-order valence-electron chi connectivity index (χ1n) is 7.99. The van der Waals surface area contributed by atoms with E-state index < -0.39 is 0 Å². The number of aromatic nitrogens is 1. The molecule has 3 rings (SSSR count). The van der Waals surface area contributed by atoms with E-state index in [1.165, 1.54) is 0 Å². The Labute approximate surface area is 148 Å². The van der Waals surface area contributed by atoms with Gasteiger partial charge in [0.15, 0.2) is 0 Å². The summed E-state index contributed by atoms with van der Waals surface area (Å²) in [6.07, 6.45) is 3.76. The highest BCUT2D eigenvalue weighted by Gasteiger charge is 2.21. The summed E-state index contributed by atoms with van der Waals surface area (Å²) in [4.78, 5) is 19.0. The number of nitrogen functional groups attached to an aromatic ring is 1. The number of halogens is 1. The first-order chi connectivity index (χ1) is 11.2. The Morgan fingerprint density at radius 1 is 1.17 bits per heavy atom. The molecule has 3 N–H and O–H groups in total. The van der Waals surface area contributed by atoms with Gasteiger partial charge in [0.25, 0.3) is 5.91 Å². The van der Waals surface area contributed by atoms with Crippen LogP contribution in [0.25, 0.3) is 0 Å². The fourth-order valence-electron chi connectivity index (χ4n) is 2.86. The highest BCUT2D eigenvalue weighted by atomic mass is 35.5. The number of benzene rings is 1. The molecular weight excluding hydrogens is 324 g/mol. The molecular formula is C18H23ClN4O. The number of likely N-dealkylation sites (tertiary alicyclic amines) is 1. The molecule has 1 aliphatic rings. The maximum absolute atomic E-state index is 12.2. The minimum atomic E-state index is -0.0202. The number of nitrogens with two attached hydrogens (primary N) is 1. The molecule has 2 heterocycles. The average molecular weight is 347 g/mol. The van der Waals surface area contributed by atoms with Crippen molar-refractivity contribution < 1.29 is 4.79 Å². The lowest BCUT2D eigenvalue weighted by Gasteiger charge is -2.32. The van der Waals surface area contributed by atoms with E-state index in [9.17, 15) is 4.79 Å². The number of amides is 1. The summed E-state index contributed by atoms with van der Waals surface area (Å²) >= 11 is 0. The minimum Gasteiger partial charge on any atom is -0.399 e. The number of nitrogens with one attached hydrogen (secondary N) is 1. The Morgan fingerprint density at radius 2 is 1.88 bits per heavy atom. The van der Waals surface area contributed by atoms with Gasteiger partial charge in [-0.3, -0.25) is 14.7 Å². The van der Waals surface area contributed by atoms with Crippen molar-refractivity contribution in [2.75, 3.05) is 18.8 Å². The van der Waals surface area contributed by atoms with Crippen LogP contribution in [0.1, 0.15) is 28.9 Å². The molecule has 0 spiro atoms. The number of rotatable bonds is 4. The van der Waals surface area contributed by atoms with Gasteiger partial charge in [-0.15, -0.1) is 12.4 Å². The molecule has 0 atom stereocenters. The van der Waals surface area contributed by atoms with Gasteiger partial charge in [-0.25, -0.2) is 0 Å². The topological polar surface area (TPSA) is 71.2 Å². The Balaban J connectivity index is 0.00000208. The first kappa shape index (κ1) is 18.2. The molecule has 1 aromatic carbocycles. The van der Waals surface area contributed by atoms with Crippen LogP contribution in [0, 0.1) is 0 Å². The van der Waals surface area contributed by atoms with Crippen LogP contribution >= 0.6 is 12.4 Å². The number of hydrogen-bond donors (Lipinski definition) is 2. The second-order valence-corrected chi connectivity index (χ2v) is 5.97. The second kappa shape index (κ2) is 8.66. The molecule has 1 amide bonds. The van der Waals surface area contributed by atoms with Crippen LogP contribution in [0.15, 0.2) is 48.7 Å². The minimum absolute atomic E-state index is 0. The smallest absolute Gasteiger partial charge is 0.251 e. The Hall–Kier alpha value is -2.11. The molecule has 128 valence electrons. The zero-order chi connectivity index (χ0) is 16.1. The van der Waals surface area contributed by atoms with Crippen molar-refractivity contribution >= 4 is 24.0 Å². The predicted molar refractivity (Wildman–Crippen MR) is 98.1 cm³/mol. The number of carbonyl (C=O) groups excluding carboxylic acids is 1. The summed E-state index contributed by atoms with van der Waals surface area (Å²) in [5.41, 5.74) is 8.07. The van der Waals surface area contributed by atoms with Gasteiger partial charge < -0.3 is 11.1 Å². The summed E-state index contributed by atoms with van der Waals surface area (Å²) in [7, 11) is 0. The fraction of sp³-hybridized carbons (Fsp3) is 0.333. The molecule has 1 aliphatic heterocycles. The number of nitrogens with zero attached hydrogens (tertiary/aromatic N) is 2. The zero-order valence-electron chi connectivity index (χ0n) is 13.5.